The second kappa shape index (κ2) is 7.51. The van der Waals surface area contributed by atoms with Gasteiger partial charge in [-0.25, -0.2) is 8.78 Å². The summed E-state index contributed by atoms with van der Waals surface area (Å²) in [4.78, 5) is 12.8. The predicted molar refractivity (Wildman–Crippen MR) is 103 cm³/mol. The molecule has 1 aliphatic heterocycles. The third-order valence-electron chi connectivity index (χ3n) is 3.89. The molecular weight excluding hydrogens is 424 g/mol. The maximum atomic E-state index is 14.3. The number of hydrogen-bond donors (Lipinski definition) is 3. The monoisotopic (exact) mass is 437 g/mol. The molecule has 4 nitrogen and oxygen atoms in total. The number of thiocarbonyl (C=S) groups is 1. The van der Waals surface area contributed by atoms with Gasteiger partial charge in [0, 0.05) is 27.5 Å². The van der Waals surface area contributed by atoms with Gasteiger partial charge < -0.3 is 16.0 Å². The molecule has 2 aromatic carbocycles. The molecule has 1 amide bonds. The SMILES string of the molecule is CC1=C(C(=O)Nc2ccc(Br)cc2)C(c2ccc(F)cc2F)NC(=S)N1. The van der Waals surface area contributed by atoms with Gasteiger partial charge in [0.25, 0.3) is 5.91 Å². The van der Waals surface area contributed by atoms with Crippen LogP contribution in [0.4, 0.5) is 14.5 Å². The Morgan fingerprint density at radius 1 is 1.19 bits per heavy atom. The summed E-state index contributed by atoms with van der Waals surface area (Å²) in [5.41, 5.74) is 1.49. The first kappa shape index (κ1) is 18.5. The quantitative estimate of drug-likeness (QED) is 0.631. The number of halogens is 3. The zero-order valence-electron chi connectivity index (χ0n) is 13.6. The molecule has 26 heavy (non-hydrogen) atoms. The van der Waals surface area contributed by atoms with E-state index in [1.54, 1.807) is 31.2 Å². The number of carbonyl (C=O) groups is 1. The summed E-state index contributed by atoms with van der Waals surface area (Å²) in [7, 11) is 0. The van der Waals surface area contributed by atoms with E-state index < -0.39 is 23.6 Å². The molecule has 3 rings (SSSR count). The Kier molecular flexibility index (Phi) is 5.33. The van der Waals surface area contributed by atoms with Gasteiger partial charge in [-0.15, -0.1) is 0 Å². The van der Waals surface area contributed by atoms with Gasteiger partial charge in [0.1, 0.15) is 11.6 Å². The number of carbonyl (C=O) groups excluding carboxylic acids is 1. The lowest BCUT2D eigenvalue weighted by molar-refractivity contribution is -0.113. The summed E-state index contributed by atoms with van der Waals surface area (Å²) < 4.78 is 28.4. The summed E-state index contributed by atoms with van der Waals surface area (Å²) in [5, 5.41) is 8.79. The van der Waals surface area contributed by atoms with Gasteiger partial charge in [-0.05, 0) is 49.5 Å². The first-order chi connectivity index (χ1) is 12.3. The number of amides is 1. The van der Waals surface area contributed by atoms with E-state index in [0.29, 0.717) is 11.4 Å². The number of benzene rings is 2. The molecule has 0 spiro atoms. The minimum Gasteiger partial charge on any atom is -0.351 e. The van der Waals surface area contributed by atoms with Crippen LogP contribution in [0.2, 0.25) is 0 Å². The lowest BCUT2D eigenvalue weighted by atomic mass is 9.94. The molecule has 0 saturated heterocycles. The fraction of sp³-hybridized carbons (Fsp3) is 0.111. The van der Waals surface area contributed by atoms with Crippen molar-refractivity contribution in [2.24, 2.45) is 0 Å². The molecule has 1 unspecified atom stereocenters. The van der Waals surface area contributed by atoms with Crippen LogP contribution in [0.15, 0.2) is 58.2 Å². The van der Waals surface area contributed by atoms with Crippen molar-refractivity contribution in [3.05, 3.63) is 75.4 Å². The molecule has 0 saturated carbocycles. The third kappa shape index (κ3) is 3.91. The van der Waals surface area contributed by atoms with E-state index in [2.05, 4.69) is 31.9 Å². The van der Waals surface area contributed by atoms with Crippen LogP contribution >= 0.6 is 28.1 Å². The molecule has 1 heterocycles. The van der Waals surface area contributed by atoms with E-state index in [9.17, 15) is 13.6 Å². The van der Waals surface area contributed by atoms with Crippen LogP contribution in [0.5, 0.6) is 0 Å². The number of rotatable bonds is 3. The molecule has 0 aromatic heterocycles. The average molecular weight is 438 g/mol. The molecule has 1 aliphatic rings. The van der Waals surface area contributed by atoms with Crippen molar-refractivity contribution in [3.63, 3.8) is 0 Å². The van der Waals surface area contributed by atoms with Crippen molar-refractivity contribution in [3.8, 4) is 0 Å². The molecule has 134 valence electrons. The zero-order chi connectivity index (χ0) is 18.8. The lowest BCUT2D eigenvalue weighted by Gasteiger charge is -2.30. The summed E-state index contributed by atoms with van der Waals surface area (Å²) in [6, 6.07) is 9.45. The van der Waals surface area contributed by atoms with E-state index >= 15 is 0 Å². The van der Waals surface area contributed by atoms with Crippen LogP contribution in [0.25, 0.3) is 0 Å². The molecule has 3 N–H and O–H groups in total. The Hall–Kier alpha value is -2.32. The Bertz CT molecular complexity index is 915. The average Bonchev–Trinajstić information content (AvgIpc) is 2.56. The van der Waals surface area contributed by atoms with E-state index in [0.717, 1.165) is 16.6 Å². The maximum absolute atomic E-state index is 14.3. The normalized spacial score (nSPS) is 16.8. The second-order valence-corrected chi connectivity index (χ2v) is 7.02. The molecule has 8 heteroatoms. The van der Waals surface area contributed by atoms with Gasteiger partial charge in [0.15, 0.2) is 5.11 Å². The summed E-state index contributed by atoms with van der Waals surface area (Å²) >= 11 is 8.45. The minimum atomic E-state index is -0.834. The van der Waals surface area contributed by atoms with Crippen molar-refractivity contribution < 1.29 is 13.6 Å². The van der Waals surface area contributed by atoms with Crippen molar-refractivity contribution >= 4 is 44.9 Å². The Balaban J connectivity index is 1.97. The van der Waals surface area contributed by atoms with Crippen LogP contribution in [0.3, 0.4) is 0 Å². The van der Waals surface area contributed by atoms with E-state index in [-0.39, 0.29) is 16.2 Å². The van der Waals surface area contributed by atoms with Crippen molar-refractivity contribution in [1.82, 2.24) is 10.6 Å². The topological polar surface area (TPSA) is 53.2 Å². The van der Waals surface area contributed by atoms with E-state index in [4.69, 9.17) is 12.2 Å². The Morgan fingerprint density at radius 3 is 2.54 bits per heavy atom. The molecule has 0 radical (unpaired) electrons. The van der Waals surface area contributed by atoms with E-state index in [1.165, 1.54) is 6.07 Å². The number of nitrogens with one attached hydrogen (secondary N) is 3. The Morgan fingerprint density at radius 2 is 1.88 bits per heavy atom. The van der Waals surface area contributed by atoms with Gasteiger partial charge >= 0.3 is 0 Å². The summed E-state index contributed by atoms with van der Waals surface area (Å²) in [6.07, 6.45) is 0. The van der Waals surface area contributed by atoms with Crippen LogP contribution < -0.4 is 16.0 Å². The molecule has 2 aromatic rings. The summed E-state index contributed by atoms with van der Waals surface area (Å²) in [5.74, 6) is -1.86. The minimum absolute atomic E-state index is 0.135. The fourth-order valence-electron chi connectivity index (χ4n) is 2.70. The predicted octanol–water partition coefficient (Wildman–Crippen LogP) is 4.16. The maximum Gasteiger partial charge on any atom is 0.255 e. The molecule has 1 atom stereocenters. The summed E-state index contributed by atoms with van der Waals surface area (Å²) in [6.45, 7) is 1.68. The van der Waals surface area contributed by atoms with E-state index in [1.807, 2.05) is 0 Å². The van der Waals surface area contributed by atoms with Crippen molar-refractivity contribution in [2.45, 2.75) is 13.0 Å². The van der Waals surface area contributed by atoms with Crippen LogP contribution in [0.1, 0.15) is 18.5 Å². The van der Waals surface area contributed by atoms with Gasteiger partial charge in [-0.1, -0.05) is 22.0 Å². The lowest BCUT2D eigenvalue weighted by Crippen LogP contribution is -2.46. The highest BCUT2D eigenvalue weighted by Crippen LogP contribution is 2.30. The second-order valence-electron chi connectivity index (χ2n) is 5.70. The molecular formula is C18H14BrF2N3OS. The smallest absolute Gasteiger partial charge is 0.255 e. The Labute approximate surface area is 162 Å². The van der Waals surface area contributed by atoms with Crippen LogP contribution in [-0.2, 0) is 4.79 Å². The first-order valence-electron chi connectivity index (χ1n) is 7.65. The van der Waals surface area contributed by atoms with Crippen molar-refractivity contribution in [2.75, 3.05) is 5.32 Å². The molecule has 0 bridgehead atoms. The molecule has 0 fully saturated rings. The molecule has 0 aliphatic carbocycles. The van der Waals surface area contributed by atoms with Crippen LogP contribution in [-0.4, -0.2) is 11.0 Å². The van der Waals surface area contributed by atoms with Crippen LogP contribution in [0, 0.1) is 11.6 Å². The fourth-order valence-corrected chi connectivity index (χ4v) is 3.23. The van der Waals surface area contributed by atoms with Gasteiger partial charge in [-0.2, -0.15) is 0 Å². The largest absolute Gasteiger partial charge is 0.351 e. The number of hydrogen-bond acceptors (Lipinski definition) is 2. The number of allylic oxidation sites excluding steroid dienone is 1. The first-order valence-corrected chi connectivity index (χ1v) is 8.85. The number of anilines is 1. The van der Waals surface area contributed by atoms with Gasteiger partial charge in [0.2, 0.25) is 0 Å². The van der Waals surface area contributed by atoms with Gasteiger partial charge in [-0.3, -0.25) is 4.79 Å². The zero-order valence-corrected chi connectivity index (χ0v) is 16.0. The highest BCUT2D eigenvalue weighted by Gasteiger charge is 2.31. The highest BCUT2D eigenvalue weighted by atomic mass is 79.9. The van der Waals surface area contributed by atoms with Crippen molar-refractivity contribution in [1.29, 1.82) is 0 Å². The van der Waals surface area contributed by atoms with Gasteiger partial charge in [0.05, 0.1) is 11.6 Å². The standard InChI is InChI=1S/C18H14BrF2N3OS/c1-9-15(17(25)23-12-5-2-10(19)3-6-12)16(24-18(26)22-9)13-7-4-11(20)8-14(13)21/h2-8,16H,1H3,(H,23,25)(H2,22,24,26). The highest BCUT2D eigenvalue weighted by molar-refractivity contribution is 9.10. The third-order valence-corrected chi connectivity index (χ3v) is 4.64.